The third-order valence-corrected chi connectivity index (χ3v) is 8.43. The molecule has 0 N–H and O–H groups in total. The van der Waals surface area contributed by atoms with Crippen LogP contribution in [0.5, 0.6) is 0 Å². The van der Waals surface area contributed by atoms with E-state index in [1.54, 1.807) is 5.57 Å². The summed E-state index contributed by atoms with van der Waals surface area (Å²) in [5.41, 5.74) is 4.52. The molecule has 1 aliphatic rings. The predicted molar refractivity (Wildman–Crippen MR) is 139 cm³/mol. The van der Waals surface area contributed by atoms with E-state index >= 15 is 0 Å². The Hall–Kier alpha value is -0.310. The van der Waals surface area contributed by atoms with Crippen LogP contribution in [0.15, 0.2) is 35.9 Å². The van der Waals surface area contributed by atoms with Crippen molar-refractivity contribution in [3.8, 4) is 0 Å². The Kier molecular flexibility index (Phi) is 11.9. The Balaban J connectivity index is 1.97. The summed E-state index contributed by atoms with van der Waals surface area (Å²) in [5, 5.41) is 0. The van der Waals surface area contributed by atoms with Crippen molar-refractivity contribution in [2.75, 3.05) is 0 Å². The summed E-state index contributed by atoms with van der Waals surface area (Å²) in [5.74, 6) is 2.77. The van der Waals surface area contributed by atoms with Crippen LogP contribution >= 0.6 is 22.6 Å². The zero-order chi connectivity index (χ0) is 21.1. The summed E-state index contributed by atoms with van der Waals surface area (Å²) >= 11 is 2.69. The molecule has 29 heavy (non-hydrogen) atoms. The van der Waals surface area contributed by atoms with Crippen LogP contribution < -0.4 is 0 Å². The van der Waals surface area contributed by atoms with Gasteiger partial charge in [-0.2, -0.15) is 0 Å². The monoisotopic (exact) mass is 508 g/mol. The van der Waals surface area contributed by atoms with Gasteiger partial charge in [0.2, 0.25) is 0 Å². The number of halogens is 1. The fraction of sp³-hybridized carbons (Fsp3) is 0.714. The maximum absolute atomic E-state index is 2.69. The molecule has 164 valence electrons. The molecule has 1 heteroatoms. The molecule has 0 nitrogen and oxygen atoms in total. The summed E-state index contributed by atoms with van der Waals surface area (Å²) in [6, 6.07) is 9.22. The minimum atomic E-state index is 0.616. The van der Waals surface area contributed by atoms with Crippen LogP contribution in [-0.4, -0.2) is 0 Å². The van der Waals surface area contributed by atoms with E-state index in [0.717, 1.165) is 17.8 Å². The highest BCUT2D eigenvalue weighted by Gasteiger charge is 2.24. The largest absolute Gasteiger partial charge is 0.0822 e. The summed E-state index contributed by atoms with van der Waals surface area (Å²) in [6.45, 7) is 9.21. The van der Waals surface area contributed by atoms with E-state index in [9.17, 15) is 0 Å². The summed E-state index contributed by atoms with van der Waals surface area (Å²) in [6.07, 6.45) is 19.4. The molecule has 1 saturated carbocycles. The van der Waals surface area contributed by atoms with E-state index in [-0.39, 0.29) is 0 Å². The van der Waals surface area contributed by atoms with E-state index in [4.69, 9.17) is 0 Å². The van der Waals surface area contributed by atoms with Gasteiger partial charge in [0.25, 0.3) is 0 Å². The molecule has 1 aromatic carbocycles. The second kappa shape index (κ2) is 13.9. The molecular weight excluding hydrogens is 463 g/mol. The van der Waals surface area contributed by atoms with Crippen molar-refractivity contribution in [3.05, 3.63) is 47.0 Å². The molecule has 2 rings (SSSR count). The normalized spacial score (nSPS) is 17.8. The lowest BCUT2D eigenvalue weighted by Gasteiger charge is -2.25. The van der Waals surface area contributed by atoms with Gasteiger partial charge in [-0.3, -0.25) is 0 Å². The number of hydrogen-bond acceptors (Lipinski definition) is 0. The Labute approximate surface area is 195 Å². The summed E-state index contributed by atoms with van der Waals surface area (Å²) in [7, 11) is 0. The van der Waals surface area contributed by atoms with Crippen molar-refractivity contribution >= 4 is 22.6 Å². The van der Waals surface area contributed by atoms with E-state index in [2.05, 4.69) is 80.6 Å². The van der Waals surface area contributed by atoms with Crippen LogP contribution in [0.25, 0.3) is 0 Å². The number of alkyl halides is 1. The van der Waals surface area contributed by atoms with Gasteiger partial charge < -0.3 is 0 Å². The quantitative estimate of drug-likeness (QED) is 0.141. The average Bonchev–Trinajstić information content (AvgIpc) is 3.26. The molecule has 3 unspecified atom stereocenters. The predicted octanol–water partition coefficient (Wildman–Crippen LogP) is 10.0. The zero-order valence-corrected chi connectivity index (χ0v) is 21.7. The number of allylic oxidation sites excluding steroid dienone is 2. The van der Waals surface area contributed by atoms with E-state index in [1.165, 1.54) is 88.2 Å². The molecule has 1 aliphatic carbocycles. The zero-order valence-electron chi connectivity index (χ0n) is 19.6. The second-order valence-corrected chi connectivity index (χ2v) is 10.9. The van der Waals surface area contributed by atoms with Crippen molar-refractivity contribution in [3.63, 3.8) is 0 Å². The first-order valence-electron chi connectivity index (χ1n) is 12.5. The molecule has 0 amide bonds. The van der Waals surface area contributed by atoms with Gasteiger partial charge >= 0.3 is 0 Å². The van der Waals surface area contributed by atoms with Gasteiger partial charge in [-0.25, -0.2) is 0 Å². The Bertz CT molecular complexity index is 573. The number of benzene rings is 1. The molecule has 0 aromatic heterocycles. The van der Waals surface area contributed by atoms with Gasteiger partial charge in [0.05, 0.1) is 0 Å². The number of hydrogen-bond donors (Lipinski definition) is 0. The smallest absolute Gasteiger partial charge is 0.0365 e. The van der Waals surface area contributed by atoms with Gasteiger partial charge in [0, 0.05) is 3.92 Å². The highest BCUT2D eigenvalue weighted by molar-refractivity contribution is 14.1. The third kappa shape index (κ3) is 8.75. The molecular formula is C28H45I. The fourth-order valence-corrected chi connectivity index (χ4v) is 6.39. The highest BCUT2D eigenvalue weighted by Crippen LogP contribution is 2.38. The number of rotatable bonds is 13. The lowest BCUT2D eigenvalue weighted by Crippen LogP contribution is -2.12. The van der Waals surface area contributed by atoms with E-state index in [0.29, 0.717) is 3.92 Å². The first-order valence-corrected chi connectivity index (χ1v) is 13.7. The van der Waals surface area contributed by atoms with E-state index < -0.39 is 0 Å². The minimum absolute atomic E-state index is 0.616. The SMILES string of the molecule is CCCC(CCCC(C=C(CC)CC)CC(I)c1ccc(C)cc1)C1CCCC1. The third-order valence-electron chi connectivity index (χ3n) is 7.20. The van der Waals surface area contributed by atoms with Crippen LogP contribution in [0.3, 0.4) is 0 Å². The summed E-state index contributed by atoms with van der Waals surface area (Å²) in [4.78, 5) is 0. The van der Waals surface area contributed by atoms with Gasteiger partial charge in [0.1, 0.15) is 0 Å². The maximum Gasteiger partial charge on any atom is 0.0365 e. The van der Waals surface area contributed by atoms with Crippen LogP contribution in [0.2, 0.25) is 0 Å². The van der Waals surface area contributed by atoms with Crippen molar-refractivity contribution in [2.24, 2.45) is 17.8 Å². The van der Waals surface area contributed by atoms with Gasteiger partial charge in [-0.05, 0) is 55.9 Å². The standard InChI is InChI=1S/C28H45I/c1-5-11-25(26-13-8-9-14-26)15-10-12-24(20-23(6-2)7-3)21-28(29)27-18-16-22(4)17-19-27/h16-20,24-26,28H,5-15,21H2,1-4H3. The Morgan fingerprint density at radius 2 is 1.66 bits per heavy atom. The first kappa shape index (κ1) is 25.0. The van der Waals surface area contributed by atoms with Crippen LogP contribution in [0, 0.1) is 24.7 Å². The maximum atomic E-state index is 2.69. The fourth-order valence-electron chi connectivity index (χ4n) is 5.32. The Morgan fingerprint density at radius 1 is 1.00 bits per heavy atom. The lowest BCUT2D eigenvalue weighted by atomic mass is 9.82. The van der Waals surface area contributed by atoms with Crippen molar-refractivity contribution in [1.29, 1.82) is 0 Å². The molecule has 1 fully saturated rings. The number of aryl methyl sites for hydroxylation is 1. The molecule has 0 radical (unpaired) electrons. The van der Waals surface area contributed by atoms with Crippen LogP contribution in [0.1, 0.15) is 113 Å². The van der Waals surface area contributed by atoms with Gasteiger partial charge in [-0.15, -0.1) is 0 Å². The molecule has 1 aromatic rings. The summed E-state index contributed by atoms with van der Waals surface area (Å²) < 4.78 is 0.616. The van der Waals surface area contributed by atoms with E-state index in [1.807, 2.05) is 0 Å². The Morgan fingerprint density at radius 3 is 2.24 bits per heavy atom. The first-order chi connectivity index (χ1) is 14.1. The topological polar surface area (TPSA) is 0 Å². The molecule has 3 atom stereocenters. The van der Waals surface area contributed by atoms with Crippen molar-refractivity contribution < 1.29 is 0 Å². The van der Waals surface area contributed by atoms with Gasteiger partial charge in [-0.1, -0.05) is 136 Å². The minimum Gasteiger partial charge on any atom is -0.0822 e. The molecule has 0 bridgehead atoms. The average molecular weight is 509 g/mol. The molecule has 0 saturated heterocycles. The van der Waals surface area contributed by atoms with Gasteiger partial charge in [0.15, 0.2) is 0 Å². The van der Waals surface area contributed by atoms with Crippen molar-refractivity contribution in [1.82, 2.24) is 0 Å². The highest BCUT2D eigenvalue weighted by atomic mass is 127. The van der Waals surface area contributed by atoms with Crippen LogP contribution in [-0.2, 0) is 0 Å². The van der Waals surface area contributed by atoms with Crippen LogP contribution in [0.4, 0.5) is 0 Å². The molecule has 0 aliphatic heterocycles. The molecule has 0 spiro atoms. The lowest BCUT2D eigenvalue weighted by molar-refractivity contribution is 0.283. The second-order valence-electron chi connectivity index (χ2n) is 9.43. The molecule has 0 heterocycles. The van der Waals surface area contributed by atoms with Crippen molar-refractivity contribution in [2.45, 2.75) is 109 Å².